The third-order valence-electron chi connectivity index (χ3n) is 8.29. The molecule has 6 rings (SSSR count). The molecule has 0 radical (unpaired) electrons. The molecule has 0 bridgehead atoms. The highest BCUT2D eigenvalue weighted by Gasteiger charge is 2.31. The summed E-state index contributed by atoms with van der Waals surface area (Å²) >= 11 is 0. The van der Waals surface area contributed by atoms with Crippen molar-refractivity contribution in [3.05, 3.63) is 75.2 Å². The molecule has 0 saturated heterocycles. The third-order valence-corrected chi connectivity index (χ3v) is 9.09. The van der Waals surface area contributed by atoms with E-state index >= 15 is 8.78 Å². The average molecular weight is 685 g/mol. The zero-order chi connectivity index (χ0) is 34.7. The Hall–Kier alpha value is -4.63. The van der Waals surface area contributed by atoms with E-state index in [2.05, 4.69) is 14.9 Å². The van der Waals surface area contributed by atoms with E-state index in [-0.39, 0.29) is 46.4 Å². The smallest absolute Gasteiger partial charge is 0.343 e. The van der Waals surface area contributed by atoms with Crippen LogP contribution in [0.25, 0.3) is 22.0 Å². The van der Waals surface area contributed by atoms with Crippen LogP contribution < -0.4 is 21.8 Å². The van der Waals surface area contributed by atoms with Crippen molar-refractivity contribution in [1.82, 2.24) is 14.5 Å². The number of anilines is 3. The van der Waals surface area contributed by atoms with Gasteiger partial charge in [0.15, 0.2) is 5.82 Å². The molecule has 0 atom stereocenters. The van der Waals surface area contributed by atoms with Crippen molar-refractivity contribution in [2.75, 3.05) is 35.3 Å². The largest absolute Gasteiger partial charge is 0.462 e. The summed E-state index contributed by atoms with van der Waals surface area (Å²) < 4.78 is 66.6. The molecule has 2 aromatic heterocycles. The lowest BCUT2D eigenvalue weighted by atomic mass is 9.98. The molecule has 2 aliphatic rings. The van der Waals surface area contributed by atoms with Gasteiger partial charge in [0, 0.05) is 42.8 Å². The number of nitrogen functional groups attached to an aromatic ring is 2. The number of hydrogen-bond acceptors (Lipinski definition) is 10. The molecule has 1 aliphatic heterocycles. The molecule has 12 nitrogen and oxygen atoms in total. The summed E-state index contributed by atoms with van der Waals surface area (Å²) in [5, 5.41) is -0.179. The minimum atomic E-state index is -3.70. The van der Waals surface area contributed by atoms with Crippen molar-refractivity contribution in [1.29, 1.82) is 0 Å². The van der Waals surface area contributed by atoms with Gasteiger partial charge in [0.1, 0.15) is 17.2 Å². The second kappa shape index (κ2) is 14.2. The Labute approximate surface area is 276 Å². The van der Waals surface area contributed by atoms with E-state index in [1.807, 2.05) is 13.0 Å². The fourth-order valence-electron chi connectivity index (χ4n) is 5.79. The van der Waals surface area contributed by atoms with E-state index in [1.54, 1.807) is 29.8 Å². The normalized spacial score (nSPS) is 14.1. The van der Waals surface area contributed by atoms with E-state index in [0.29, 0.717) is 37.3 Å². The number of hydrogen-bond donors (Lipinski definition) is 3. The summed E-state index contributed by atoms with van der Waals surface area (Å²) in [7, 11) is -3.70. The number of carbonyl (C=O) groups is 1. The highest BCUT2D eigenvalue weighted by atomic mass is 32.2. The molecule has 5 N–H and O–H groups in total. The number of esters is 1. The topological polar surface area (TPSA) is 184 Å². The van der Waals surface area contributed by atoms with Gasteiger partial charge in [-0.25, -0.2) is 18.6 Å². The van der Waals surface area contributed by atoms with Crippen LogP contribution in [0.5, 0.6) is 0 Å². The third kappa shape index (κ3) is 7.57. The number of ether oxygens (including phenoxy) is 1. The lowest BCUT2D eigenvalue weighted by Gasteiger charge is -2.20. The highest BCUT2D eigenvalue weighted by Crippen LogP contribution is 2.41. The Morgan fingerprint density at radius 3 is 2.54 bits per heavy atom. The Kier molecular flexibility index (Phi) is 10.3. The van der Waals surface area contributed by atoms with Crippen LogP contribution in [0.3, 0.4) is 0 Å². The van der Waals surface area contributed by atoms with E-state index in [0.717, 1.165) is 48.6 Å². The number of carbonyl (C=O) groups excluding carboxylic acids is 1. The summed E-state index contributed by atoms with van der Waals surface area (Å²) in [6.45, 7) is 4.83. The number of rotatable bonds is 10. The Morgan fingerprint density at radius 1 is 1.15 bits per heavy atom. The second-order valence-electron chi connectivity index (χ2n) is 11.8. The van der Waals surface area contributed by atoms with Gasteiger partial charge in [0.2, 0.25) is 11.4 Å². The molecule has 1 fully saturated rings. The molecule has 2 aromatic carbocycles. The zero-order valence-corrected chi connectivity index (χ0v) is 27.5. The van der Waals surface area contributed by atoms with Gasteiger partial charge in [-0.3, -0.25) is 9.35 Å². The standard InChI is InChI=1S/C28H26F2N6O3.C5H12O3S/c1-2-39-27(38)19-13-36(17-4-5-17)24-18(25(19)37)10-20(29)22(23(24)30)15-3-6-21-14(9-15)7-8-35(21)12-16-11-33-28(32)34-26(16)31;1-2-3-4-5-9(6,7)8/h3,6,9-11,13,17H,2,4-5,7-8,12H2,1H3,(H4,31,32,33,34);2-5H2,1H3,(H,6,7,8). The number of nitrogens with two attached hydrogens (primary N) is 2. The van der Waals surface area contributed by atoms with Gasteiger partial charge in [-0.2, -0.15) is 13.4 Å². The Balaban J connectivity index is 0.000000441. The van der Waals surface area contributed by atoms with Crippen molar-refractivity contribution in [2.24, 2.45) is 0 Å². The summed E-state index contributed by atoms with van der Waals surface area (Å²) in [6.07, 6.45) is 7.54. The van der Waals surface area contributed by atoms with Crippen LogP contribution in [-0.4, -0.2) is 52.4 Å². The monoisotopic (exact) mass is 684 g/mol. The molecular formula is C33H38F2N6O6S. The molecule has 4 aromatic rings. The van der Waals surface area contributed by atoms with Crippen LogP contribution in [0.15, 0.2) is 41.5 Å². The molecule has 0 unspecified atom stereocenters. The molecule has 1 saturated carbocycles. The Morgan fingerprint density at radius 2 is 1.90 bits per heavy atom. The maximum absolute atomic E-state index is 16.2. The van der Waals surface area contributed by atoms with Crippen LogP contribution in [-0.2, 0) is 27.8 Å². The van der Waals surface area contributed by atoms with Crippen LogP contribution in [0.1, 0.15) is 73.5 Å². The van der Waals surface area contributed by atoms with Gasteiger partial charge in [0.25, 0.3) is 10.1 Å². The van der Waals surface area contributed by atoms with Gasteiger partial charge in [-0.1, -0.05) is 25.8 Å². The van der Waals surface area contributed by atoms with Gasteiger partial charge >= 0.3 is 5.97 Å². The fourth-order valence-corrected chi connectivity index (χ4v) is 6.36. The second-order valence-corrected chi connectivity index (χ2v) is 13.4. The number of pyridine rings is 1. The fraction of sp³-hybridized carbons (Fsp3) is 0.394. The predicted octanol–water partition coefficient (Wildman–Crippen LogP) is 5.04. The summed E-state index contributed by atoms with van der Waals surface area (Å²) in [5.41, 5.74) is 13.3. The van der Waals surface area contributed by atoms with E-state index in [1.165, 1.54) is 6.20 Å². The summed E-state index contributed by atoms with van der Waals surface area (Å²) in [5.74, 6) is -2.19. The first kappa shape index (κ1) is 34.7. The van der Waals surface area contributed by atoms with Crippen LogP contribution in [0, 0.1) is 11.6 Å². The minimum Gasteiger partial charge on any atom is -0.462 e. The van der Waals surface area contributed by atoms with Crippen molar-refractivity contribution in [3.8, 4) is 11.1 Å². The number of aromatic nitrogens is 3. The maximum atomic E-state index is 16.2. The number of nitrogens with zero attached hydrogens (tertiary/aromatic N) is 4. The molecule has 48 heavy (non-hydrogen) atoms. The Bertz CT molecular complexity index is 2030. The predicted molar refractivity (Wildman–Crippen MR) is 179 cm³/mol. The van der Waals surface area contributed by atoms with Gasteiger partial charge in [0.05, 0.1) is 28.8 Å². The lowest BCUT2D eigenvalue weighted by Crippen LogP contribution is -2.22. The van der Waals surface area contributed by atoms with E-state index in [9.17, 15) is 18.0 Å². The molecule has 0 spiro atoms. The summed E-state index contributed by atoms with van der Waals surface area (Å²) in [6, 6.07) is 6.22. The van der Waals surface area contributed by atoms with Gasteiger partial charge < -0.3 is 25.7 Å². The first-order valence-electron chi connectivity index (χ1n) is 15.8. The van der Waals surface area contributed by atoms with Crippen LogP contribution in [0.4, 0.5) is 26.2 Å². The SMILES string of the molecule is CCCCCS(=O)(=O)O.CCOC(=O)c1cn(C2CC2)c2c(F)c(-c3ccc4c(c3)CCN4Cc3cnc(N)nc3N)c(F)cc2c1=O. The molecular weight excluding hydrogens is 646 g/mol. The number of benzene rings is 2. The highest BCUT2D eigenvalue weighted by molar-refractivity contribution is 7.85. The van der Waals surface area contributed by atoms with Crippen molar-refractivity contribution < 1.29 is 31.3 Å². The number of halogens is 2. The van der Waals surface area contributed by atoms with Crippen molar-refractivity contribution in [2.45, 2.75) is 65.0 Å². The molecule has 1 aliphatic carbocycles. The molecule has 256 valence electrons. The van der Waals surface area contributed by atoms with Gasteiger partial charge in [-0.05, 0) is 61.9 Å². The van der Waals surface area contributed by atoms with Crippen molar-refractivity contribution >= 4 is 44.4 Å². The van der Waals surface area contributed by atoms with E-state index in [4.69, 9.17) is 20.8 Å². The first-order valence-corrected chi connectivity index (χ1v) is 17.4. The number of unbranched alkanes of at least 4 members (excludes halogenated alkanes) is 2. The zero-order valence-electron chi connectivity index (χ0n) is 26.7. The van der Waals surface area contributed by atoms with Gasteiger partial charge in [-0.15, -0.1) is 0 Å². The van der Waals surface area contributed by atoms with Crippen LogP contribution >= 0.6 is 0 Å². The maximum Gasteiger partial charge on any atom is 0.343 e. The lowest BCUT2D eigenvalue weighted by molar-refractivity contribution is 0.0524. The number of fused-ring (bicyclic) bond motifs is 2. The van der Waals surface area contributed by atoms with Crippen molar-refractivity contribution in [3.63, 3.8) is 0 Å². The van der Waals surface area contributed by atoms with Crippen LogP contribution in [0.2, 0.25) is 0 Å². The summed E-state index contributed by atoms with van der Waals surface area (Å²) in [4.78, 5) is 35.6. The average Bonchev–Trinajstić information content (AvgIpc) is 3.79. The minimum absolute atomic E-state index is 0.00657. The van der Waals surface area contributed by atoms with E-state index < -0.39 is 33.2 Å². The molecule has 3 heterocycles. The molecule has 15 heteroatoms. The molecule has 0 amide bonds. The quantitative estimate of drug-likeness (QED) is 0.116. The first-order chi connectivity index (χ1) is 22.8.